The number of benzene rings is 1. The van der Waals surface area contributed by atoms with Crippen molar-refractivity contribution in [1.29, 1.82) is 0 Å². The van der Waals surface area contributed by atoms with Crippen molar-refractivity contribution >= 4 is 11.6 Å². The van der Waals surface area contributed by atoms with Gasteiger partial charge in [-0.15, -0.1) is 0 Å². The van der Waals surface area contributed by atoms with Crippen LogP contribution in [0.2, 0.25) is 0 Å². The molecule has 0 radical (unpaired) electrons. The summed E-state index contributed by atoms with van der Waals surface area (Å²) < 4.78 is 5.03. The van der Waals surface area contributed by atoms with Crippen LogP contribution in [-0.2, 0) is 0 Å². The maximum Gasteiger partial charge on any atom is 0.256 e. The molecule has 1 fully saturated rings. The van der Waals surface area contributed by atoms with Crippen LogP contribution in [0.3, 0.4) is 0 Å². The fraction of sp³-hybridized carbons (Fsp3) is 0.462. The predicted molar refractivity (Wildman–Crippen MR) is 68.6 cm³/mol. The van der Waals surface area contributed by atoms with Crippen LogP contribution < -0.4 is 10.1 Å². The van der Waals surface area contributed by atoms with Gasteiger partial charge in [-0.2, -0.15) is 0 Å². The zero-order valence-electron chi connectivity index (χ0n) is 10.6. The van der Waals surface area contributed by atoms with Crippen molar-refractivity contribution in [3.05, 3.63) is 17.7 Å². The highest BCUT2D eigenvalue weighted by Crippen LogP contribution is 2.36. The molecule has 1 amide bonds. The summed E-state index contributed by atoms with van der Waals surface area (Å²) in [6, 6.07) is 3.03. The Labute approximate surface area is 110 Å². The van der Waals surface area contributed by atoms with Crippen LogP contribution >= 0.6 is 0 Å². The van der Waals surface area contributed by atoms with Crippen LogP contribution in [0, 0.1) is 0 Å². The van der Waals surface area contributed by atoms with Crippen LogP contribution in [0.4, 0.5) is 5.69 Å². The average Bonchev–Trinajstić information content (AvgIpc) is 2.71. The van der Waals surface area contributed by atoms with Crippen LogP contribution in [0.1, 0.15) is 16.8 Å². The number of phenolic OH excluding ortho intramolecular Hbond substituents is 1. The lowest BCUT2D eigenvalue weighted by Gasteiger charge is -2.21. The summed E-state index contributed by atoms with van der Waals surface area (Å²) in [7, 11) is 1.44. The van der Waals surface area contributed by atoms with Gasteiger partial charge in [0.15, 0.2) is 11.5 Å². The number of hydrogen-bond donors (Lipinski definition) is 3. The Morgan fingerprint density at radius 1 is 1.47 bits per heavy atom. The smallest absolute Gasteiger partial charge is 0.256 e. The Hall–Kier alpha value is -1.95. The number of hydrogen-bond acceptors (Lipinski definition) is 5. The molecule has 0 aromatic heterocycles. The second-order valence-corrected chi connectivity index (χ2v) is 4.95. The van der Waals surface area contributed by atoms with E-state index < -0.39 is 6.10 Å². The minimum atomic E-state index is -0.462. The van der Waals surface area contributed by atoms with E-state index in [4.69, 9.17) is 4.74 Å². The molecule has 3 N–H and O–H groups in total. The highest BCUT2D eigenvalue weighted by atomic mass is 16.5. The number of nitrogens with one attached hydrogen (secondary N) is 1. The van der Waals surface area contributed by atoms with E-state index in [0.717, 1.165) is 0 Å². The summed E-state index contributed by atoms with van der Waals surface area (Å²) in [5, 5.41) is 22.6. The molecule has 2 aliphatic heterocycles. The Morgan fingerprint density at radius 3 is 3.00 bits per heavy atom. The molecule has 0 bridgehead atoms. The van der Waals surface area contributed by atoms with Gasteiger partial charge >= 0.3 is 0 Å². The molecule has 2 aliphatic rings. The van der Waals surface area contributed by atoms with Crippen LogP contribution in [0.25, 0.3) is 0 Å². The zero-order chi connectivity index (χ0) is 13.6. The molecule has 2 heterocycles. The molecular formula is C13H16N2O4. The van der Waals surface area contributed by atoms with Gasteiger partial charge in [0.1, 0.15) is 0 Å². The minimum Gasteiger partial charge on any atom is -0.504 e. The second-order valence-electron chi connectivity index (χ2n) is 4.95. The number of methoxy groups -OCH3 is 1. The maximum absolute atomic E-state index is 12.5. The molecule has 1 unspecified atom stereocenters. The van der Waals surface area contributed by atoms with E-state index in [1.165, 1.54) is 19.2 Å². The highest BCUT2D eigenvalue weighted by molar-refractivity contribution is 6.01. The molecule has 1 aromatic rings. The first-order valence-corrected chi connectivity index (χ1v) is 6.24. The molecule has 0 saturated carbocycles. The molecule has 102 valence electrons. The van der Waals surface area contributed by atoms with E-state index in [2.05, 4.69) is 5.32 Å². The van der Waals surface area contributed by atoms with E-state index in [0.29, 0.717) is 30.8 Å². The molecule has 1 aromatic carbocycles. The number of aromatic hydroxyl groups is 1. The summed E-state index contributed by atoms with van der Waals surface area (Å²) in [6.07, 6.45) is 0.117. The average molecular weight is 264 g/mol. The third-order valence-electron chi connectivity index (χ3n) is 3.73. The molecule has 2 atom stereocenters. The van der Waals surface area contributed by atoms with Crippen molar-refractivity contribution in [1.82, 2.24) is 4.90 Å². The Morgan fingerprint density at radius 2 is 2.26 bits per heavy atom. The minimum absolute atomic E-state index is 0.00337. The Bertz CT molecular complexity index is 532. The third kappa shape index (κ3) is 1.88. The van der Waals surface area contributed by atoms with Crippen molar-refractivity contribution in [2.75, 3.05) is 25.5 Å². The first-order valence-electron chi connectivity index (χ1n) is 6.24. The van der Waals surface area contributed by atoms with Gasteiger partial charge in [0, 0.05) is 19.2 Å². The summed E-state index contributed by atoms with van der Waals surface area (Å²) in [4.78, 5) is 14.2. The molecule has 6 nitrogen and oxygen atoms in total. The van der Waals surface area contributed by atoms with Crippen LogP contribution in [0.5, 0.6) is 11.5 Å². The van der Waals surface area contributed by atoms with Crippen molar-refractivity contribution in [3.8, 4) is 11.5 Å². The first kappa shape index (κ1) is 12.1. The largest absolute Gasteiger partial charge is 0.504 e. The fourth-order valence-electron chi connectivity index (χ4n) is 2.77. The van der Waals surface area contributed by atoms with Crippen molar-refractivity contribution < 1.29 is 19.7 Å². The number of aliphatic hydroxyl groups excluding tert-OH is 1. The summed E-state index contributed by atoms with van der Waals surface area (Å²) >= 11 is 0. The molecule has 3 rings (SSSR count). The van der Waals surface area contributed by atoms with Crippen molar-refractivity contribution in [3.63, 3.8) is 0 Å². The lowest BCUT2D eigenvalue weighted by Crippen LogP contribution is -2.37. The van der Waals surface area contributed by atoms with Crippen molar-refractivity contribution in [2.45, 2.75) is 18.6 Å². The van der Waals surface area contributed by atoms with Gasteiger partial charge in [-0.05, 0) is 12.5 Å². The topological polar surface area (TPSA) is 82.0 Å². The van der Waals surface area contributed by atoms with E-state index in [9.17, 15) is 15.0 Å². The van der Waals surface area contributed by atoms with E-state index in [1.54, 1.807) is 4.90 Å². The zero-order valence-corrected chi connectivity index (χ0v) is 10.6. The van der Waals surface area contributed by atoms with Gasteiger partial charge in [0.25, 0.3) is 5.91 Å². The second kappa shape index (κ2) is 4.31. The number of phenols is 1. The summed E-state index contributed by atoms with van der Waals surface area (Å²) in [5.74, 6) is 0.135. The van der Waals surface area contributed by atoms with Crippen LogP contribution in [0.15, 0.2) is 12.1 Å². The molecule has 19 heavy (non-hydrogen) atoms. The fourth-order valence-corrected chi connectivity index (χ4v) is 2.77. The molecule has 0 spiro atoms. The number of aliphatic hydroxyl groups is 1. The summed E-state index contributed by atoms with van der Waals surface area (Å²) in [6.45, 7) is 0.926. The normalized spacial score (nSPS) is 25.4. The van der Waals surface area contributed by atoms with Crippen LogP contribution in [-0.4, -0.2) is 53.4 Å². The van der Waals surface area contributed by atoms with E-state index in [-0.39, 0.29) is 23.4 Å². The van der Waals surface area contributed by atoms with Gasteiger partial charge in [-0.25, -0.2) is 0 Å². The Kier molecular flexibility index (Phi) is 2.74. The monoisotopic (exact) mass is 264 g/mol. The SMILES string of the molecule is COc1cc2c(cc1O)NC[C@@H]1CC(O)CN1C2=O. The number of carbonyl (C=O) groups excluding carboxylic acids is 1. The lowest BCUT2D eigenvalue weighted by molar-refractivity contribution is 0.0728. The number of anilines is 1. The quantitative estimate of drug-likeness (QED) is 0.684. The van der Waals surface area contributed by atoms with Gasteiger partial charge in [0.05, 0.1) is 30.5 Å². The molecular weight excluding hydrogens is 248 g/mol. The number of ether oxygens (including phenoxy) is 1. The molecule has 0 aliphatic carbocycles. The molecule has 1 saturated heterocycles. The highest BCUT2D eigenvalue weighted by Gasteiger charge is 2.37. The summed E-state index contributed by atoms with van der Waals surface area (Å²) in [5.41, 5.74) is 1.07. The van der Waals surface area contributed by atoms with Gasteiger partial charge in [0.2, 0.25) is 0 Å². The lowest BCUT2D eigenvalue weighted by atomic mass is 10.1. The van der Waals surface area contributed by atoms with Gasteiger partial charge < -0.3 is 25.2 Å². The van der Waals surface area contributed by atoms with E-state index >= 15 is 0 Å². The van der Waals surface area contributed by atoms with E-state index in [1.807, 2.05) is 0 Å². The number of amides is 1. The third-order valence-corrected chi connectivity index (χ3v) is 3.73. The van der Waals surface area contributed by atoms with Crippen molar-refractivity contribution in [2.24, 2.45) is 0 Å². The number of fused-ring (bicyclic) bond motifs is 2. The standard InChI is InChI=1S/C13H16N2O4/c1-19-12-3-9-10(4-11(12)17)14-5-7-2-8(16)6-15(7)13(9)18/h3-4,7-8,14,16-17H,2,5-6H2,1H3/t7-,8?/m0/s1. The molecule has 6 heteroatoms. The maximum atomic E-state index is 12.5. The number of nitrogens with zero attached hydrogens (tertiary/aromatic N) is 1. The first-order chi connectivity index (χ1) is 9.10. The predicted octanol–water partition coefficient (Wildman–Crippen LogP) is 0.402. The Balaban J connectivity index is 2.03. The van der Waals surface area contributed by atoms with Gasteiger partial charge in [-0.3, -0.25) is 4.79 Å². The van der Waals surface area contributed by atoms with Gasteiger partial charge in [-0.1, -0.05) is 0 Å². The number of carbonyl (C=O) groups is 1. The number of rotatable bonds is 1.